The number of aryl methyl sites for hydroxylation is 1. The molecule has 4 rings (SSSR count). The summed E-state index contributed by atoms with van der Waals surface area (Å²) in [7, 11) is 0. The molecule has 2 N–H and O–H groups in total. The van der Waals surface area contributed by atoms with Crippen molar-refractivity contribution >= 4 is 11.9 Å². The van der Waals surface area contributed by atoms with Gasteiger partial charge in [0, 0.05) is 30.8 Å². The predicted octanol–water partition coefficient (Wildman–Crippen LogP) is 2.44. The molecule has 1 amide bonds. The fraction of sp³-hybridized carbons (Fsp3) is 0.421. The fourth-order valence-electron chi connectivity index (χ4n) is 4.11. The van der Waals surface area contributed by atoms with Gasteiger partial charge in [-0.15, -0.1) is 0 Å². The number of aromatic nitrogens is 2. The number of rotatable bonds is 3. The molecule has 6 nitrogen and oxygen atoms in total. The first-order chi connectivity index (χ1) is 12.5. The second-order valence-corrected chi connectivity index (χ2v) is 7.08. The van der Waals surface area contributed by atoms with Crippen LogP contribution in [0.5, 0.6) is 5.75 Å². The van der Waals surface area contributed by atoms with Gasteiger partial charge >= 0.3 is 0 Å². The van der Waals surface area contributed by atoms with Gasteiger partial charge < -0.3 is 15.4 Å². The molecular formula is C19H21FN4O2. The summed E-state index contributed by atoms with van der Waals surface area (Å²) in [5.41, 5.74) is 6.67. The molecule has 1 aliphatic heterocycles. The van der Waals surface area contributed by atoms with Crippen molar-refractivity contribution in [3.8, 4) is 5.75 Å². The van der Waals surface area contributed by atoms with Crippen molar-refractivity contribution in [3.05, 3.63) is 47.5 Å². The summed E-state index contributed by atoms with van der Waals surface area (Å²) < 4.78 is 19.4. The van der Waals surface area contributed by atoms with Crippen LogP contribution >= 0.6 is 0 Å². The van der Waals surface area contributed by atoms with Crippen LogP contribution < -0.4 is 10.5 Å². The Balaban J connectivity index is 1.46. The molecule has 0 spiro atoms. The minimum Gasteiger partial charge on any atom is -0.490 e. The number of fused-ring (bicyclic) bond motifs is 1. The van der Waals surface area contributed by atoms with Crippen molar-refractivity contribution in [1.29, 1.82) is 0 Å². The summed E-state index contributed by atoms with van der Waals surface area (Å²) >= 11 is 0. The van der Waals surface area contributed by atoms with Gasteiger partial charge in [-0.3, -0.25) is 4.79 Å². The highest BCUT2D eigenvalue weighted by Gasteiger charge is 2.45. The van der Waals surface area contributed by atoms with Crippen molar-refractivity contribution in [1.82, 2.24) is 14.9 Å². The molecule has 0 unspecified atom stereocenters. The molecule has 1 saturated carbocycles. The van der Waals surface area contributed by atoms with Crippen molar-refractivity contribution in [2.24, 2.45) is 11.8 Å². The quantitative estimate of drug-likeness (QED) is 0.913. The number of likely N-dealkylation sites (tertiary alicyclic amines) is 1. The molecule has 136 valence electrons. The zero-order chi connectivity index (χ0) is 18.3. The molecule has 2 heterocycles. The van der Waals surface area contributed by atoms with Crippen LogP contribution in [0.25, 0.3) is 0 Å². The van der Waals surface area contributed by atoms with Gasteiger partial charge in [-0.2, -0.15) is 0 Å². The number of amides is 1. The highest BCUT2D eigenvalue weighted by atomic mass is 19.1. The van der Waals surface area contributed by atoms with E-state index in [1.807, 2.05) is 4.90 Å². The van der Waals surface area contributed by atoms with E-state index in [1.54, 1.807) is 25.1 Å². The molecule has 0 radical (unpaired) electrons. The molecular weight excluding hydrogens is 335 g/mol. The summed E-state index contributed by atoms with van der Waals surface area (Å²) in [6.07, 6.45) is 1.92. The molecule has 26 heavy (non-hydrogen) atoms. The maximum Gasteiger partial charge on any atom is 0.272 e. The SMILES string of the molecule is Cc1cc(C(=O)N2C[C@@H]3CC[C@H](Oc4cccc(F)c4)[C@@H]3C2)nc(N)n1. The summed E-state index contributed by atoms with van der Waals surface area (Å²) in [4.78, 5) is 22.7. The van der Waals surface area contributed by atoms with Crippen molar-refractivity contribution in [3.63, 3.8) is 0 Å². The highest BCUT2D eigenvalue weighted by molar-refractivity contribution is 5.92. The van der Waals surface area contributed by atoms with E-state index in [0.717, 1.165) is 12.8 Å². The molecule has 7 heteroatoms. The smallest absolute Gasteiger partial charge is 0.272 e. The van der Waals surface area contributed by atoms with Gasteiger partial charge in [0.15, 0.2) is 0 Å². The Kier molecular flexibility index (Phi) is 4.22. The predicted molar refractivity (Wildman–Crippen MR) is 94.1 cm³/mol. The lowest BCUT2D eigenvalue weighted by Gasteiger charge is -2.22. The number of anilines is 1. The monoisotopic (exact) mass is 356 g/mol. The minimum atomic E-state index is -0.308. The molecule has 0 bridgehead atoms. The lowest BCUT2D eigenvalue weighted by atomic mass is 9.99. The molecule has 1 aromatic carbocycles. The average molecular weight is 356 g/mol. The van der Waals surface area contributed by atoms with Gasteiger partial charge in [-0.05, 0) is 43.9 Å². The number of nitrogens with two attached hydrogens (primary N) is 1. The third-order valence-corrected chi connectivity index (χ3v) is 5.25. The number of halogens is 1. The molecule has 2 aliphatic rings. The average Bonchev–Trinajstić information content (AvgIpc) is 3.15. The zero-order valence-electron chi connectivity index (χ0n) is 14.6. The van der Waals surface area contributed by atoms with E-state index in [-0.39, 0.29) is 29.7 Å². The number of hydrogen-bond donors (Lipinski definition) is 1. The lowest BCUT2D eigenvalue weighted by Crippen LogP contribution is -2.33. The summed E-state index contributed by atoms with van der Waals surface area (Å²) in [6, 6.07) is 7.87. The largest absolute Gasteiger partial charge is 0.490 e. The molecule has 1 saturated heterocycles. The van der Waals surface area contributed by atoms with Crippen LogP contribution in [0.4, 0.5) is 10.3 Å². The number of nitrogen functional groups attached to an aromatic ring is 1. The number of carbonyl (C=O) groups excluding carboxylic acids is 1. The molecule has 2 aromatic rings. The van der Waals surface area contributed by atoms with E-state index in [9.17, 15) is 9.18 Å². The minimum absolute atomic E-state index is 0.00296. The first-order valence-corrected chi connectivity index (χ1v) is 8.82. The van der Waals surface area contributed by atoms with E-state index in [0.29, 0.717) is 36.1 Å². The van der Waals surface area contributed by atoms with Crippen molar-refractivity contribution in [2.45, 2.75) is 25.9 Å². The van der Waals surface area contributed by atoms with Crippen LogP contribution in [-0.2, 0) is 0 Å². The Morgan fingerprint density at radius 1 is 1.27 bits per heavy atom. The maximum atomic E-state index is 13.4. The summed E-state index contributed by atoms with van der Waals surface area (Å²) in [5, 5.41) is 0. The van der Waals surface area contributed by atoms with E-state index < -0.39 is 0 Å². The van der Waals surface area contributed by atoms with Crippen LogP contribution in [0.1, 0.15) is 29.0 Å². The lowest BCUT2D eigenvalue weighted by molar-refractivity contribution is 0.0756. The summed E-state index contributed by atoms with van der Waals surface area (Å²) in [6.45, 7) is 3.10. The standard InChI is InChI=1S/C19H21FN4O2/c1-11-7-16(23-19(21)22-11)18(25)24-9-12-5-6-17(15(12)10-24)26-14-4-2-3-13(20)8-14/h2-4,7-8,12,15,17H,5-6,9-10H2,1H3,(H2,21,22,23)/t12-,15+,17-/m0/s1. The normalized spacial score (nSPS) is 24.5. The zero-order valence-corrected chi connectivity index (χ0v) is 14.6. The van der Waals surface area contributed by atoms with Gasteiger partial charge in [0.1, 0.15) is 23.4 Å². The second-order valence-electron chi connectivity index (χ2n) is 7.08. The van der Waals surface area contributed by atoms with E-state index in [1.165, 1.54) is 12.1 Å². The Hall–Kier alpha value is -2.70. The van der Waals surface area contributed by atoms with Crippen LogP contribution in [0.15, 0.2) is 30.3 Å². The second kappa shape index (κ2) is 6.55. The number of carbonyl (C=O) groups is 1. The first-order valence-electron chi connectivity index (χ1n) is 8.82. The Morgan fingerprint density at radius 2 is 2.12 bits per heavy atom. The van der Waals surface area contributed by atoms with Gasteiger partial charge in [0.05, 0.1) is 0 Å². The topological polar surface area (TPSA) is 81.3 Å². The van der Waals surface area contributed by atoms with Crippen LogP contribution in [0.2, 0.25) is 0 Å². The molecule has 1 aromatic heterocycles. The van der Waals surface area contributed by atoms with E-state index in [4.69, 9.17) is 10.5 Å². The van der Waals surface area contributed by atoms with Gasteiger partial charge in [-0.1, -0.05) is 6.07 Å². The number of hydrogen-bond acceptors (Lipinski definition) is 5. The fourth-order valence-corrected chi connectivity index (χ4v) is 4.11. The Bertz CT molecular complexity index is 824. The van der Waals surface area contributed by atoms with E-state index >= 15 is 0 Å². The van der Waals surface area contributed by atoms with Gasteiger partial charge in [0.25, 0.3) is 5.91 Å². The van der Waals surface area contributed by atoms with Gasteiger partial charge in [0.2, 0.25) is 5.95 Å². The molecule has 3 atom stereocenters. The number of benzene rings is 1. The van der Waals surface area contributed by atoms with Gasteiger partial charge in [-0.25, -0.2) is 14.4 Å². The number of nitrogens with zero attached hydrogens (tertiary/aromatic N) is 3. The number of ether oxygens (including phenoxy) is 1. The van der Waals surface area contributed by atoms with Crippen molar-refractivity contribution < 1.29 is 13.9 Å². The Morgan fingerprint density at radius 3 is 2.88 bits per heavy atom. The van der Waals surface area contributed by atoms with Crippen LogP contribution in [-0.4, -0.2) is 40.0 Å². The van der Waals surface area contributed by atoms with Crippen LogP contribution in [0.3, 0.4) is 0 Å². The van der Waals surface area contributed by atoms with Crippen molar-refractivity contribution in [2.75, 3.05) is 18.8 Å². The first kappa shape index (κ1) is 16.8. The molecule has 1 aliphatic carbocycles. The van der Waals surface area contributed by atoms with E-state index in [2.05, 4.69) is 9.97 Å². The third-order valence-electron chi connectivity index (χ3n) is 5.25. The molecule has 2 fully saturated rings. The van der Waals surface area contributed by atoms with Crippen LogP contribution in [0, 0.1) is 24.6 Å². The summed E-state index contributed by atoms with van der Waals surface area (Å²) in [5.74, 6) is 0.873. The maximum absolute atomic E-state index is 13.4. The highest BCUT2D eigenvalue weighted by Crippen LogP contribution is 2.40. The Labute approximate surface area is 151 Å². The third kappa shape index (κ3) is 3.21.